The van der Waals surface area contributed by atoms with Crippen molar-refractivity contribution in [2.75, 3.05) is 13.1 Å². The minimum Gasteiger partial charge on any atom is -0.444 e. The van der Waals surface area contributed by atoms with Gasteiger partial charge in [-0.1, -0.05) is 0 Å². The van der Waals surface area contributed by atoms with E-state index in [9.17, 15) is 22.8 Å². The second kappa shape index (κ2) is 10.9. The summed E-state index contributed by atoms with van der Waals surface area (Å²) in [5.74, 6) is -0.433. The van der Waals surface area contributed by atoms with E-state index in [0.29, 0.717) is 17.9 Å². The molecule has 2 aliphatic heterocycles. The van der Waals surface area contributed by atoms with Gasteiger partial charge in [0, 0.05) is 19.5 Å². The average molecular weight is 576 g/mol. The van der Waals surface area contributed by atoms with Gasteiger partial charge in [0.25, 0.3) is 0 Å². The molecule has 0 aromatic carbocycles. The first-order chi connectivity index (χ1) is 17.8. The predicted molar refractivity (Wildman–Crippen MR) is 130 cm³/mol. The van der Waals surface area contributed by atoms with Gasteiger partial charge >= 0.3 is 28.6 Å². The Hall–Kier alpha value is -3.51. The largest absolute Gasteiger partial charge is 0.444 e. The van der Waals surface area contributed by atoms with Gasteiger partial charge in [0.1, 0.15) is 17.2 Å². The number of hydrogen-bond acceptors (Lipinski definition) is 12. The van der Waals surface area contributed by atoms with E-state index in [4.69, 9.17) is 23.9 Å². The number of alkyl carbamates (subject to hydrolysis) is 1. The summed E-state index contributed by atoms with van der Waals surface area (Å²) < 4.78 is 51.8. The molecule has 3 heterocycles. The van der Waals surface area contributed by atoms with Gasteiger partial charge < -0.3 is 18.8 Å². The maximum absolute atomic E-state index is 12.8. The molecule has 218 valence electrons. The van der Waals surface area contributed by atoms with Crippen LogP contribution in [0.4, 0.5) is 14.4 Å². The van der Waals surface area contributed by atoms with Crippen LogP contribution in [0, 0.1) is 5.41 Å². The molecule has 0 saturated carbocycles. The van der Waals surface area contributed by atoms with Crippen LogP contribution < -0.4 is 5.32 Å². The lowest BCUT2D eigenvalue weighted by molar-refractivity contribution is -0.0317. The van der Waals surface area contributed by atoms with Crippen LogP contribution in [0.25, 0.3) is 0 Å². The van der Waals surface area contributed by atoms with Crippen molar-refractivity contribution in [3.05, 3.63) is 11.8 Å². The van der Waals surface area contributed by atoms with Crippen molar-refractivity contribution in [3.8, 4) is 0 Å². The number of amides is 4. The minimum atomic E-state index is -4.88. The summed E-state index contributed by atoms with van der Waals surface area (Å²) in [6.07, 6.45) is -1.16. The zero-order chi connectivity index (χ0) is 29.3. The number of urea groups is 1. The molecule has 4 amide bonds. The second-order valence-corrected chi connectivity index (χ2v) is 11.9. The average Bonchev–Trinajstić information content (AvgIpc) is 3.30. The van der Waals surface area contributed by atoms with Crippen molar-refractivity contribution in [1.82, 2.24) is 30.4 Å². The van der Waals surface area contributed by atoms with Crippen LogP contribution in [0.1, 0.15) is 72.2 Å². The first-order valence-electron chi connectivity index (χ1n) is 12.0. The molecule has 2 atom stereocenters. The molecule has 1 aromatic rings. The van der Waals surface area contributed by atoms with Gasteiger partial charge in [-0.15, -0.1) is 14.5 Å². The van der Waals surface area contributed by atoms with E-state index in [2.05, 4.69) is 19.8 Å². The fourth-order valence-electron chi connectivity index (χ4n) is 3.88. The molecule has 3 rings (SSSR count). The summed E-state index contributed by atoms with van der Waals surface area (Å²) in [5, 5.41) is 19.0. The number of ether oxygens (including phenoxy) is 2. The predicted octanol–water partition coefficient (Wildman–Crippen LogP) is 1.98. The van der Waals surface area contributed by atoms with Crippen molar-refractivity contribution in [1.29, 1.82) is 5.41 Å². The van der Waals surface area contributed by atoms with E-state index >= 15 is 0 Å². The maximum Gasteiger partial charge on any atom is 0.418 e. The third kappa shape index (κ3) is 8.24. The van der Waals surface area contributed by atoms with E-state index < -0.39 is 57.9 Å². The zero-order valence-electron chi connectivity index (χ0n) is 22.5. The number of guanidine groups is 1. The van der Waals surface area contributed by atoms with Gasteiger partial charge in [0.05, 0.1) is 6.04 Å². The van der Waals surface area contributed by atoms with Gasteiger partial charge in [-0.05, 0) is 54.4 Å². The Labute approximate surface area is 225 Å². The van der Waals surface area contributed by atoms with Crippen LogP contribution in [0.2, 0.25) is 0 Å². The minimum absolute atomic E-state index is 0.0358. The van der Waals surface area contributed by atoms with Crippen LogP contribution in [-0.4, -0.2) is 92.5 Å². The Balaban J connectivity index is 1.69. The number of carbonyl (C=O) groups excluding carboxylic acids is 3. The monoisotopic (exact) mass is 575 g/mol. The number of nitrogens with zero attached hydrogens (tertiary/aromatic N) is 5. The Bertz CT molecular complexity index is 1220. The standard InChI is InChI=1S/C21H33N7O10S/c1-20(2,3)36-17(29)23-16(22)26(19(31)37-21(4,5)6)10-9-14-24-25-15(35-14)13-8-7-12-11-27(13)18(30)28(12)38-39(32,33)34/h12-13H,7-11H2,1-6H3,(H2,22,23,29)(H,32,33,34)/t12-,13+/m1/s1. The number of hydroxylamine groups is 2. The van der Waals surface area contributed by atoms with E-state index in [-0.39, 0.29) is 31.3 Å². The highest BCUT2D eigenvalue weighted by Crippen LogP contribution is 2.38. The summed E-state index contributed by atoms with van der Waals surface area (Å²) in [6, 6.07) is -2.03. The molecule has 0 unspecified atom stereocenters. The number of aromatic nitrogens is 2. The molecule has 1 aromatic heterocycles. The molecule has 2 fully saturated rings. The Morgan fingerprint density at radius 3 is 2.38 bits per heavy atom. The van der Waals surface area contributed by atoms with Gasteiger partial charge in [-0.3, -0.25) is 15.3 Å². The number of nitrogens with one attached hydrogen (secondary N) is 2. The quantitative estimate of drug-likeness (QED) is 0.252. The Morgan fingerprint density at radius 1 is 1.15 bits per heavy atom. The fourth-order valence-corrected chi connectivity index (χ4v) is 4.27. The number of hydrogen-bond donors (Lipinski definition) is 3. The van der Waals surface area contributed by atoms with Gasteiger partial charge in [0.15, 0.2) is 0 Å². The topological polar surface area (TPSA) is 218 Å². The first kappa shape index (κ1) is 30.0. The highest BCUT2D eigenvalue weighted by Gasteiger charge is 2.49. The molecule has 0 aliphatic carbocycles. The van der Waals surface area contributed by atoms with E-state index in [1.165, 1.54) is 4.90 Å². The van der Waals surface area contributed by atoms with Crippen LogP contribution >= 0.6 is 0 Å². The number of rotatable bonds is 6. The fraction of sp³-hybridized carbons (Fsp3) is 0.714. The lowest BCUT2D eigenvalue weighted by atomic mass is 10.0. The van der Waals surface area contributed by atoms with Crippen LogP contribution in [0.3, 0.4) is 0 Å². The lowest BCUT2D eigenvalue weighted by Crippen LogP contribution is -2.50. The van der Waals surface area contributed by atoms with Gasteiger partial charge in [0.2, 0.25) is 17.7 Å². The van der Waals surface area contributed by atoms with Crippen LogP contribution in [-0.2, 0) is 30.6 Å². The van der Waals surface area contributed by atoms with Gasteiger partial charge in [-0.25, -0.2) is 19.3 Å². The van der Waals surface area contributed by atoms with E-state index in [1.54, 1.807) is 41.5 Å². The maximum atomic E-state index is 12.8. The van der Waals surface area contributed by atoms with Crippen molar-refractivity contribution in [3.63, 3.8) is 0 Å². The van der Waals surface area contributed by atoms with Gasteiger partial charge in [-0.2, -0.15) is 13.5 Å². The highest BCUT2D eigenvalue weighted by molar-refractivity contribution is 7.80. The molecule has 2 aliphatic rings. The van der Waals surface area contributed by atoms with E-state index in [1.807, 2.05) is 0 Å². The highest BCUT2D eigenvalue weighted by atomic mass is 32.3. The van der Waals surface area contributed by atoms with Crippen LogP contribution in [0.15, 0.2) is 4.42 Å². The smallest absolute Gasteiger partial charge is 0.418 e. The van der Waals surface area contributed by atoms with Crippen molar-refractivity contribution >= 4 is 34.6 Å². The summed E-state index contributed by atoms with van der Waals surface area (Å²) in [6.45, 7) is 9.83. The lowest BCUT2D eigenvalue weighted by Gasteiger charge is -2.28. The molecule has 2 bridgehead atoms. The second-order valence-electron chi connectivity index (χ2n) is 10.9. The summed E-state index contributed by atoms with van der Waals surface area (Å²) in [7, 11) is -4.88. The summed E-state index contributed by atoms with van der Waals surface area (Å²) in [4.78, 5) is 39.7. The first-order valence-corrected chi connectivity index (χ1v) is 13.4. The molecule has 0 radical (unpaired) electrons. The van der Waals surface area contributed by atoms with Crippen molar-refractivity contribution < 1.29 is 45.5 Å². The number of piperidine rings is 1. The molecular weight excluding hydrogens is 542 g/mol. The summed E-state index contributed by atoms with van der Waals surface area (Å²) in [5.41, 5.74) is -1.71. The molecular formula is C21H33N7O10S. The number of carbonyl (C=O) groups is 3. The molecule has 0 spiro atoms. The third-order valence-corrected chi connectivity index (χ3v) is 5.67. The third-order valence-electron chi connectivity index (χ3n) is 5.32. The molecule has 3 N–H and O–H groups in total. The molecule has 17 nitrogen and oxygen atoms in total. The Morgan fingerprint density at radius 2 is 1.79 bits per heavy atom. The molecule has 18 heteroatoms. The van der Waals surface area contributed by atoms with E-state index in [0.717, 1.165) is 4.90 Å². The number of fused-ring (bicyclic) bond motifs is 2. The SMILES string of the molecule is CC(C)(C)OC(=O)NC(=N)N(CCc1nnc([C@@H]2CC[C@@H]3CN2C(=O)N3OS(=O)(=O)O)o1)C(=O)OC(C)(C)C. The zero-order valence-corrected chi connectivity index (χ0v) is 23.3. The van der Waals surface area contributed by atoms with Crippen molar-refractivity contribution in [2.45, 2.75) is 84.1 Å². The molecule has 2 saturated heterocycles. The molecule has 39 heavy (non-hydrogen) atoms. The van der Waals surface area contributed by atoms with Crippen LogP contribution in [0.5, 0.6) is 0 Å². The Kier molecular flexibility index (Phi) is 8.42. The summed E-state index contributed by atoms with van der Waals surface area (Å²) >= 11 is 0. The van der Waals surface area contributed by atoms with Crippen molar-refractivity contribution in [2.24, 2.45) is 0 Å². The normalized spacial score (nSPS) is 19.6.